The van der Waals surface area contributed by atoms with Crippen molar-refractivity contribution in [3.63, 3.8) is 0 Å². The number of ether oxygens (including phenoxy) is 1. The predicted octanol–water partition coefficient (Wildman–Crippen LogP) is 4.88. The van der Waals surface area contributed by atoms with Crippen molar-refractivity contribution in [2.75, 3.05) is 38.1 Å². The zero-order chi connectivity index (χ0) is 24.1. The van der Waals surface area contributed by atoms with Gasteiger partial charge >= 0.3 is 6.09 Å². The van der Waals surface area contributed by atoms with E-state index >= 15 is 0 Å². The average Bonchev–Trinajstić information content (AvgIpc) is 3.14. The molecule has 0 radical (unpaired) electrons. The summed E-state index contributed by atoms with van der Waals surface area (Å²) in [6.45, 7) is 8.98. The summed E-state index contributed by atoms with van der Waals surface area (Å²) in [6, 6.07) is 13.2. The number of amides is 2. The lowest BCUT2D eigenvalue weighted by Gasteiger charge is -2.39. The maximum absolute atomic E-state index is 13.0. The number of pyridine rings is 1. The SMILES string of the molecule is CCOC(=O)N1CCN([C@@H](c2ccncc2)c2c(NC(=O)c3ccccc3)sc(C)c2C)CC1. The van der Waals surface area contributed by atoms with Crippen molar-refractivity contribution in [1.29, 1.82) is 0 Å². The van der Waals surface area contributed by atoms with Crippen LogP contribution in [0.1, 0.15) is 44.9 Å². The Bertz CT molecular complexity index is 1130. The minimum absolute atomic E-state index is 0.0663. The highest BCUT2D eigenvalue weighted by molar-refractivity contribution is 7.16. The highest BCUT2D eigenvalue weighted by Gasteiger charge is 2.32. The van der Waals surface area contributed by atoms with Crippen LogP contribution < -0.4 is 5.32 Å². The normalized spacial score (nSPS) is 15.1. The summed E-state index contributed by atoms with van der Waals surface area (Å²) in [4.78, 5) is 34.7. The molecule has 34 heavy (non-hydrogen) atoms. The highest BCUT2D eigenvalue weighted by Crippen LogP contribution is 2.42. The van der Waals surface area contributed by atoms with Gasteiger partial charge in [0.15, 0.2) is 0 Å². The first-order valence-electron chi connectivity index (χ1n) is 11.5. The molecule has 0 spiro atoms. The number of hydrogen-bond donors (Lipinski definition) is 1. The zero-order valence-corrected chi connectivity index (χ0v) is 20.6. The molecule has 1 fully saturated rings. The van der Waals surface area contributed by atoms with E-state index < -0.39 is 0 Å². The van der Waals surface area contributed by atoms with E-state index in [-0.39, 0.29) is 18.0 Å². The van der Waals surface area contributed by atoms with Gasteiger partial charge in [0.1, 0.15) is 5.00 Å². The molecule has 2 aromatic heterocycles. The first-order valence-corrected chi connectivity index (χ1v) is 12.3. The standard InChI is InChI=1S/C26H30N4O3S/c1-4-33-26(32)30-16-14-29(15-17-30)23(20-10-12-27-13-11-20)22-18(2)19(3)34-25(22)28-24(31)21-8-6-5-7-9-21/h5-13,23H,4,14-17H2,1-3H3,(H,28,31)/t23-/m0/s1. The molecule has 7 nitrogen and oxygen atoms in total. The third-order valence-electron chi connectivity index (χ3n) is 6.20. The van der Waals surface area contributed by atoms with Crippen LogP contribution in [0.2, 0.25) is 0 Å². The van der Waals surface area contributed by atoms with Crippen molar-refractivity contribution < 1.29 is 14.3 Å². The van der Waals surface area contributed by atoms with Crippen LogP contribution in [0.25, 0.3) is 0 Å². The van der Waals surface area contributed by atoms with Gasteiger partial charge in [0.25, 0.3) is 5.91 Å². The molecule has 0 bridgehead atoms. The topological polar surface area (TPSA) is 74.8 Å². The molecule has 1 aliphatic rings. The molecule has 3 heterocycles. The Balaban J connectivity index is 1.67. The summed E-state index contributed by atoms with van der Waals surface area (Å²) in [5.41, 5.74) is 4.00. The van der Waals surface area contributed by atoms with E-state index in [0.29, 0.717) is 38.3 Å². The summed E-state index contributed by atoms with van der Waals surface area (Å²) in [5, 5.41) is 4.03. The van der Waals surface area contributed by atoms with Crippen LogP contribution in [-0.2, 0) is 4.74 Å². The van der Waals surface area contributed by atoms with E-state index in [1.54, 1.807) is 28.6 Å². The van der Waals surface area contributed by atoms with E-state index in [1.165, 1.54) is 10.4 Å². The Labute approximate surface area is 204 Å². The third kappa shape index (κ3) is 5.13. The van der Waals surface area contributed by atoms with Crippen LogP contribution in [0.4, 0.5) is 9.80 Å². The quantitative estimate of drug-likeness (QED) is 0.547. The second-order valence-corrected chi connectivity index (χ2v) is 9.48. The van der Waals surface area contributed by atoms with Gasteiger partial charge in [-0.3, -0.25) is 14.7 Å². The number of nitrogens with one attached hydrogen (secondary N) is 1. The number of rotatable bonds is 6. The maximum Gasteiger partial charge on any atom is 0.409 e. The molecular weight excluding hydrogens is 448 g/mol. The van der Waals surface area contributed by atoms with E-state index in [1.807, 2.05) is 49.4 Å². The molecule has 0 saturated carbocycles. The zero-order valence-electron chi connectivity index (χ0n) is 19.8. The van der Waals surface area contributed by atoms with Crippen molar-refractivity contribution in [1.82, 2.24) is 14.8 Å². The predicted molar refractivity (Wildman–Crippen MR) is 134 cm³/mol. The van der Waals surface area contributed by atoms with E-state index in [9.17, 15) is 9.59 Å². The second-order valence-electron chi connectivity index (χ2n) is 8.25. The molecule has 1 aromatic carbocycles. The van der Waals surface area contributed by atoms with Crippen LogP contribution in [0.3, 0.4) is 0 Å². The number of benzene rings is 1. The fourth-order valence-corrected chi connectivity index (χ4v) is 5.40. The lowest BCUT2D eigenvalue weighted by atomic mass is 9.95. The molecule has 178 valence electrons. The first-order chi connectivity index (χ1) is 16.5. The molecule has 1 saturated heterocycles. The van der Waals surface area contributed by atoms with E-state index in [4.69, 9.17) is 4.74 Å². The Kier molecular flexibility index (Phi) is 7.59. The van der Waals surface area contributed by atoms with Gasteiger partial charge in [0.05, 0.1) is 12.6 Å². The molecule has 4 rings (SSSR count). The van der Waals surface area contributed by atoms with E-state index in [2.05, 4.69) is 29.0 Å². The lowest BCUT2D eigenvalue weighted by Crippen LogP contribution is -2.50. The highest BCUT2D eigenvalue weighted by atomic mass is 32.1. The summed E-state index contributed by atoms with van der Waals surface area (Å²) >= 11 is 1.60. The van der Waals surface area contributed by atoms with Gasteiger partial charge in [-0.15, -0.1) is 11.3 Å². The number of aryl methyl sites for hydroxylation is 1. The van der Waals surface area contributed by atoms with Crippen LogP contribution in [0, 0.1) is 13.8 Å². The van der Waals surface area contributed by atoms with Gasteiger partial charge in [-0.25, -0.2) is 4.79 Å². The molecular formula is C26H30N4O3S. The first kappa shape index (κ1) is 23.9. The number of nitrogens with zero attached hydrogens (tertiary/aromatic N) is 3. The number of piperazine rings is 1. The molecule has 3 aromatic rings. The minimum Gasteiger partial charge on any atom is -0.450 e. The van der Waals surface area contributed by atoms with Crippen molar-refractivity contribution in [3.05, 3.63) is 82.0 Å². The van der Waals surface area contributed by atoms with E-state index in [0.717, 1.165) is 16.1 Å². The molecule has 2 amide bonds. The largest absolute Gasteiger partial charge is 0.450 e. The number of carbonyl (C=O) groups is 2. The number of anilines is 1. The van der Waals surface area contributed by atoms with Gasteiger partial charge in [-0.05, 0) is 56.2 Å². The fourth-order valence-electron chi connectivity index (χ4n) is 4.31. The van der Waals surface area contributed by atoms with Gasteiger partial charge < -0.3 is 15.0 Å². The lowest BCUT2D eigenvalue weighted by molar-refractivity contribution is 0.0715. The average molecular weight is 479 g/mol. The molecule has 0 unspecified atom stereocenters. The summed E-state index contributed by atoms with van der Waals surface area (Å²) < 4.78 is 5.19. The molecule has 8 heteroatoms. The Hall–Kier alpha value is -3.23. The van der Waals surface area contributed by atoms with Crippen molar-refractivity contribution in [3.8, 4) is 0 Å². The fraction of sp³-hybridized carbons (Fsp3) is 0.346. The van der Waals surface area contributed by atoms with Gasteiger partial charge in [0.2, 0.25) is 0 Å². The molecule has 0 aliphatic carbocycles. The smallest absolute Gasteiger partial charge is 0.409 e. The van der Waals surface area contributed by atoms with Crippen LogP contribution in [0.5, 0.6) is 0 Å². The van der Waals surface area contributed by atoms with Gasteiger partial charge in [-0.2, -0.15) is 0 Å². The van der Waals surface area contributed by atoms with Crippen LogP contribution in [0.15, 0.2) is 54.9 Å². The van der Waals surface area contributed by atoms with Crippen molar-refractivity contribution in [2.24, 2.45) is 0 Å². The summed E-state index contributed by atoms with van der Waals surface area (Å²) in [7, 11) is 0. The second kappa shape index (κ2) is 10.8. The van der Waals surface area contributed by atoms with Gasteiger partial charge in [0, 0.05) is 54.6 Å². The Morgan fingerprint density at radius 2 is 1.74 bits per heavy atom. The monoisotopic (exact) mass is 478 g/mol. The molecule has 1 N–H and O–H groups in total. The van der Waals surface area contributed by atoms with Crippen molar-refractivity contribution in [2.45, 2.75) is 26.8 Å². The Morgan fingerprint density at radius 3 is 2.38 bits per heavy atom. The summed E-state index contributed by atoms with van der Waals surface area (Å²) in [5.74, 6) is -0.122. The minimum atomic E-state index is -0.263. The van der Waals surface area contributed by atoms with Crippen LogP contribution in [-0.4, -0.2) is 59.6 Å². The maximum atomic E-state index is 13.0. The third-order valence-corrected chi connectivity index (χ3v) is 7.33. The van der Waals surface area contributed by atoms with Crippen LogP contribution >= 0.6 is 11.3 Å². The van der Waals surface area contributed by atoms with Crippen molar-refractivity contribution >= 4 is 28.3 Å². The number of thiophene rings is 1. The number of carbonyl (C=O) groups excluding carboxylic acids is 2. The Morgan fingerprint density at radius 1 is 1.06 bits per heavy atom. The van der Waals surface area contributed by atoms with Gasteiger partial charge in [-0.1, -0.05) is 18.2 Å². The number of aromatic nitrogens is 1. The summed E-state index contributed by atoms with van der Waals surface area (Å²) in [6.07, 6.45) is 3.34. The number of hydrogen-bond acceptors (Lipinski definition) is 6. The molecule has 1 atom stereocenters. The molecule has 1 aliphatic heterocycles.